The van der Waals surface area contributed by atoms with Gasteiger partial charge in [0.05, 0.1) is 0 Å². The lowest BCUT2D eigenvalue weighted by atomic mass is 9.97. The van der Waals surface area contributed by atoms with E-state index in [9.17, 15) is 0 Å². The summed E-state index contributed by atoms with van der Waals surface area (Å²) in [6.07, 6.45) is 2.39. The first-order valence-electron chi connectivity index (χ1n) is 13.2. The van der Waals surface area contributed by atoms with Gasteiger partial charge in [0.25, 0.3) is 0 Å². The zero-order chi connectivity index (χ0) is 27.2. The summed E-state index contributed by atoms with van der Waals surface area (Å²) in [7, 11) is 0. The van der Waals surface area contributed by atoms with Crippen LogP contribution in [0.3, 0.4) is 0 Å². The van der Waals surface area contributed by atoms with Crippen molar-refractivity contribution in [2.75, 3.05) is 55.7 Å². The molecule has 208 valence electrons. The quantitative estimate of drug-likeness (QED) is 0.137. The molecule has 0 heterocycles. The molecule has 0 bridgehead atoms. The Morgan fingerprint density at radius 3 is 1.49 bits per heavy atom. The van der Waals surface area contributed by atoms with Crippen LogP contribution >= 0.6 is 63.1 Å². The van der Waals surface area contributed by atoms with Gasteiger partial charge >= 0.3 is 0 Å². The zero-order valence-corrected chi connectivity index (χ0v) is 28.1. The van der Waals surface area contributed by atoms with Crippen LogP contribution in [0.1, 0.15) is 77.5 Å². The number of rotatable bonds is 15. The van der Waals surface area contributed by atoms with E-state index in [0.717, 1.165) is 67.3 Å². The molecule has 0 radical (unpaired) electrons. The van der Waals surface area contributed by atoms with Gasteiger partial charge < -0.3 is 4.90 Å². The fraction of sp³-hybridized carbons (Fsp3) is 0.786. The van der Waals surface area contributed by atoms with E-state index in [0.29, 0.717) is 12.0 Å². The third kappa shape index (κ3) is 21.5. The zero-order valence-electron chi connectivity index (χ0n) is 23.6. The summed E-state index contributed by atoms with van der Waals surface area (Å²) >= 11 is 21.1. The molecule has 1 rings (SSSR count). The Kier molecular flexibility index (Phi) is 27.4. The topological polar surface area (TPSA) is 6.48 Å². The van der Waals surface area contributed by atoms with Gasteiger partial charge in [-0.15, -0.1) is 0 Å². The Morgan fingerprint density at radius 2 is 1.14 bits per heavy atom. The molecule has 0 aliphatic rings. The molecule has 0 amide bonds. The van der Waals surface area contributed by atoms with Crippen molar-refractivity contribution in [2.24, 2.45) is 5.92 Å². The maximum Gasteiger partial charge on any atom is 0.0154 e. The van der Waals surface area contributed by atoms with Crippen LogP contribution in [0.5, 0.6) is 0 Å². The van der Waals surface area contributed by atoms with Gasteiger partial charge in [0, 0.05) is 61.0 Å². The smallest absolute Gasteiger partial charge is 0.0154 e. The third-order valence-electron chi connectivity index (χ3n) is 5.69. The monoisotopic (exact) mass is 580 g/mol. The minimum atomic E-state index is 0.616. The Morgan fingerprint density at radius 1 is 0.657 bits per heavy atom. The lowest BCUT2D eigenvalue weighted by Crippen LogP contribution is -2.34. The highest BCUT2D eigenvalue weighted by molar-refractivity contribution is 7.80. The molecule has 0 atom stereocenters. The molecule has 0 saturated heterocycles. The van der Waals surface area contributed by atoms with Crippen LogP contribution in [-0.2, 0) is 12.2 Å². The minimum Gasteiger partial charge on any atom is -0.302 e. The van der Waals surface area contributed by atoms with Gasteiger partial charge in [-0.25, -0.2) is 0 Å². The van der Waals surface area contributed by atoms with Gasteiger partial charge in [-0.05, 0) is 61.8 Å². The number of hydrogen-bond acceptors (Lipinski definition) is 7. The number of aryl methyl sites for hydroxylation is 1. The molecule has 0 aromatic heterocycles. The van der Waals surface area contributed by atoms with Crippen LogP contribution < -0.4 is 0 Å². The van der Waals surface area contributed by atoms with E-state index in [1.54, 1.807) is 0 Å². The average molecular weight is 581 g/mol. The Balaban J connectivity index is 0. The van der Waals surface area contributed by atoms with Gasteiger partial charge in [-0.2, -0.15) is 63.1 Å². The normalized spacial score (nSPS) is 11.2. The van der Waals surface area contributed by atoms with Crippen molar-refractivity contribution in [3.05, 3.63) is 34.9 Å². The molecular formula is C28H56N2S5. The first-order valence-corrected chi connectivity index (χ1v) is 16.4. The van der Waals surface area contributed by atoms with E-state index in [-0.39, 0.29) is 0 Å². The largest absolute Gasteiger partial charge is 0.302 e. The third-order valence-corrected chi connectivity index (χ3v) is 6.86. The molecule has 0 unspecified atom stereocenters. The number of hydrogen-bond donors (Lipinski definition) is 5. The summed E-state index contributed by atoms with van der Waals surface area (Å²) in [4.78, 5) is 4.81. The van der Waals surface area contributed by atoms with Crippen molar-refractivity contribution < 1.29 is 0 Å². The Bertz CT molecular complexity index is 562. The molecule has 2 nitrogen and oxygen atoms in total. The fourth-order valence-electron chi connectivity index (χ4n) is 3.36. The van der Waals surface area contributed by atoms with Crippen molar-refractivity contribution >= 4 is 63.1 Å². The lowest BCUT2D eigenvalue weighted by Gasteiger charge is -2.24. The molecule has 7 heteroatoms. The highest BCUT2D eigenvalue weighted by atomic mass is 32.1. The molecule has 0 N–H and O–H groups in total. The summed E-state index contributed by atoms with van der Waals surface area (Å²) in [5.74, 6) is 6.03. The van der Waals surface area contributed by atoms with E-state index in [2.05, 4.69) is 140 Å². The van der Waals surface area contributed by atoms with Gasteiger partial charge in [-0.3, -0.25) is 4.90 Å². The van der Waals surface area contributed by atoms with E-state index in [4.69, 9.17) is 0 Å². The van der Waals surface area contributed by atoms with Gasteiger partial charge in [0.1, 0.15) is 0 Å². The van der Waals surface area contributed by atoms with Crippen LogP contribution in [0, 0.1) is 5.92 Å². The van der Waals surface area contributed by atoms with Gasteiger partial charge in [0.15, 0.2) is 0 Å². The molecule has 1 aromatic rings. The van der Waals surface area contributed by atoms with Gasteiger partial charge in [-0.1, -0.05) is 52.8 Å². The van der Waals surface area contributed by atoms with E-state index >= 15 is 0 Å². The highest BCUT2D eigenvalue weighted by Crippen LogP contribution is 2.19. The van der Waals surface area contributed by atoms with Gasteiger partial charge in [0.2, 0.25) is 0 Å². The second-order valence-electron chi connectivity index (χ2n) is 9.80. The second-order valence-corrected chi connectivity index (χ2v) is 11.9. The Labute approximate surface area is 247 Å². The summed E-state index contributed by atoms with van der Waals surface area (Å²) in [5.41, 5.74) is 4.20. The fourth-order valence-corrected chi connectivity index (χ4v) is 4.63. The highest BCUT2D eigenvalue weighted by Gasteiger charge is 2.06. The average Bonchev–Trinajstić information content (AvgIpc) is 2.83. The van der Waals surface area contributed by atoms with Crippen LogP contribution in [0.4, 0.5) is 0 Å². The predicted octanol–water partition coefficient (Wildman–Crippen LogP) is 7.55. The van der Waals surface area contributed by atoms with E-state index in [1.165, 1.54) is 29.7 Å². The molecule has 0 saturated carbocycles. The molecular weight excluding hydrogens is 525 g/mol. The number of nitrogens with zero attached hydrogens (tertiary/aromatic N) is 2. The van der Waals surface area contributed by atoms with Crippen molar-refractivity contribution in [1.82, 2.24) is 9.80 Å². The van der Waals surface area contributed by atoms with Crippen molar-refractivity contribution in [1.29, 1.82) is 0 Å². The first kappa shape index (κ1) is 38.0. The summed E-state index contributed by atoms with van der Waals surface area (Å²) in [6, 6.07) is 7.44. The maximum absolute atomic E-state index is 4.31. The minimum absolute atomic E-state index is 0.616. The summed E-state index contributed by atoms with van der Waals surface area (Å²) in [6.45, 7) is 21.1. The second kappa shape index (κ2) is 25.2. The first-order chi connectivity index (χ1) is 16.6. The van der Waals surface area contributed by atoms with E-state index < -0.39 is 0 Å². The molecule has 1 aromatic carbocycles. The van der Waals surface area contributed by atoms with Crippen LogP contribution in [0.25, 0.3) is 0 Å². The number of thiol groups is 5. The standard InChI is InChI=1S/C12H18S.C9H21NS2.C7H17NS2/c1-4-10-5-11(8-13)7-12(6-10)9(2)3;1-9(2)3-4-10(5-7-11)6-8-12;1-7(2)8(3-5-9)4-6-10/h5-7,9,13H,4,8H2,1-3H3;9,11-12H,3-8H2,1-2H3;7,9-10H,3-6H2,1-2H3. The molecule has 0 spiro atoms. The molecule has 0 aliphatic carbocycles. The number of benzene rings is 1. The molecule has 35 heavy (non-hydrogen) atoms. The lowest BCUT2D eigenvalue weighted by molar-refractivity contribution is 0.251. The van der Waals surface area contributed by atoms with E-state index in [1.807, 2.05) is 0 Å². The summed E-state index contributed by atoms with van der Waals surface area (Å²) < 4.78 is 0. The summed E-state index contributed by atoms with van der Waals surface area (Å²) in [5, 5.41) is 0. The molecule has 0 fully saturated rings. The predicted molar refractivity (Wildman–Crippen MR) is 181 cm³/mol. The van der Waals surface area contributed by atoms with Crippen molar-refractivity contribution in [2.45, 2.75) is 79.0 Å². The van der Waals surface area contributed by atoms with Crippen molar-refractivity contribution in [3.8, 4) is 0 Å². The Hall–Kier alpha value is 0.890. The van der Waals surface area contributed by atoms with Crippen LogP contribution in [-0.4, -0.2) is 71.6 Å². The maximum atomic E-state index is 4.31. The SMILES string of the molecule is CC(C)CCN(CCS)CCS.CC(C)N(CCS)CCS.CCc1cc(CS)cc(C(C)C)c1. The molecule has 0 aliphatic heterocycles. The van der Waals surface area contributed by atoms with Crippen LogP contribution in [0.2, 0.25) is 0 Å². The van der Waals surface area contributed by atoms with Crippen LogP contribution in [0.15, 0.2) is 18.2 Å². The van der Waals surface area contributed by atoms with Crippen molar-refractivity contribution in [3.63, 3.8) is 0 Å².